The molecule has 0 aromatic heterocycles. The molecule has 1 heterocycles. The van der Waals surface area contributed by atoms with Crippen LogP contribution in [0.4, 0.5) is 0 Å². The predicted octanol–water partition coefficient (Wildman–Crippen LogP) is 1.31. The van der Waals surface area contributed by atoms with Gasteiger partial charge in [-0.3, -0.25) is 9.59 Å². The molecule has 0 radical (unpaired) electrons. The van der Waals surface area contributed by atoms with Crippen LogP contribution < -0.4 is 5.32 Å². The monoisotopic (exact) mass is 226 g/mol. The van der Waals surface area contributed by atoms with Gasteiger partial charge in [-0.1, -0.05) is 19.8 Å². The van der Waals surface area contributed by atoms with E-state index in [0.717, 1.165) is 45.2 Å². The summed E-state index contributed by atoms with van der Waals surface area (Å²) in [5.74, 6) is 0.0984. The largest absolute Gasteiger partial charge is 0.355 e. The summed E-state index contributed by atoms with van der Waals surface area (Å²) < 4.78 is 0. The molecule has 1 fully saturated rings. The van der Waals surface area contributed by atoms with E-state index in [2.05, 4.69) is 12.2 Å². The van der Waals surface area contributed by atoms with Gasteiger partial charge in [0.15, 0.2) is 0 Å². The number of carbonyl (C=O) groups is 2. The van der Waals surface area contributed by atoms with E-state index in [-0.39, 0.29) is 18.4 Å². The Bertz CT molecular complexity index is 241. The highest BCUT2D eigenvalue weighted by atomic mass is 16.2. The minimum atomic E-state index is -0.0219. The highest BCUT2D eigenvalue weighted by molar-refractivity contribution is 5.85. The van der Waals surface area contributed by atoms with Crippen molar-refractivity contribution in [2.24, 2.45) is 0 Å². The molecule has 1 N–H and O–H groups in total. The van der Waals surface area contributed by atoms with Crippen LogP contribution >= 0.6 is 0 Å². The van der Waals surface area contributed by atoms with Gasteiger partial charge >= 0.3 is 0 Å². The molecule has 92 valence electrons. The summed E-state index contributed by atoms with van der Waals surface area (Å²) in [6.07, 6.45) is 5.91. The number of carbonyl (C=O) groups excluding carboxylic acids is 2. The molecule has 0 aliphatic carbocycles. The SMILES string of the molecule is CCCCCNC(=O)CN1CCCCC1=O. The van der Waals surface area contributed by atoms with Gasteiger partial charge in [0.05, 0.1) is 6.54 Å². The zero-order valence-corrected chi connectivity index (χ0v) is 10.1. The van der Waals surface area contributed by atoms with Gasteiger partial charge in [-0.25, -0.2) is 0 Å². The summed E-state index contributed by atoms with van der Waals surface area (Å²) in [6, 6.07) is 0. The molecule has 0 spiro atoms. The maximum Gasteiger partial charge on any atom is 0.239 e. The standard InChI is InChI=1S/C12H22N2O2/c1-2-3-5-8-13-11(15)10-14-9-6-4-7-12(14)16/h2-10H2,1H3,(H,13,15). The van der Waals surface area contributed by atoms with Crippen LogP contribution in [0.2, 0.25) is 0 Å². The molecule has 0 bridgehead atoms. The van der Waals surface area contributed by atoms with Gasteiger partial charge in [-0.2, -0.15) is 0 Å². The van der Waals surface area contributed by atoms with Crippen molar-refractivity contribution in [3.63, 3.8) is 0 Å². The van der Waals surface area contributed by atoms with Crippen molar-refractivity contribution in [3.05, 3.63) is 0 Å². The molecule has 4 nitrogen and oxygen atoms in total. The molecule has 0 unspecified atom stereocenters. The van der Waals surface area contributed by atoms with Gasteiger partial charge in [0.1, 0.15) is 0 Å². The highest BCUT2D eigenvalue weighted by Crippen LogP contribution is 2.09. The van der Waals surface area contributed by atoms with Crippen molar-refractivity contribution in [2.75, 3.05) is 19.6 Å². The van der Waals surface area contributed by atoms with Crippen molar-refractivity contribution in [2.45, 2.75) is 45.4 Å². The van der Waals surface area contributed by atoms with Crippen LogP contribution in [0, 0.1) is 0 Å². The normalized spacial score (nSPS) is 16.3. The molecule has 0 saturated carbocycles. The van der Waals surface area contributed by atoms with E-state index in [1.165, 1.54) is 0 Å². The molecule has 0 aromatic rings. The number of rotatable bonds is 6. The van der Waals surface area contributed by atoms with E-state index in [9.17, 15) is 9.59 Å². The lowest BCUT2D eigenvalue weighted by Gasteiger charge is -2.25. The van der Waals surface area contributed by atoms with Gasteiger partial charge in [-0.15, -0.1) is 0 Å². The van der Waals surface area contributed by atoms with Gasteiger partial charge in [-0.05, 0) is 19.3 Å². The number of amides is 2. The zero-order chi connectivity index (χ0) is 11.8. The van der Waals surface area contributed by atoms with E-state index in [1.54, 1.807) is 4.90 Å². The van der Waals surface area contributed by atoms with Crippen LogP contribution in [0.1, 0.15) is 45.4 Å². The second-order valence-electron chi connectivity index (χ2n) is 4.33. The van der Waals surface area contributed by atoms with Crippen molar-refractivity contribution in [1.82, 2.24) is 10.2 Å². The van der Waals surface area contributed by atoms with Gasteiger partial charge in [0.2, 0.25) is 11.8 Å². The third kappa shape index (κ3) is 4.64. The fourth-order valence-corrected chi connectivity index (χ4v) is 1.86. The Morgan fingerprint density at radius 1 is 1.38 bits per heavy atom. The van der Waals surface area contributed by atoms with Crippen LogP contribution in [-0.2, 0) is 9.59 Å². The lowest BCUT2D eigenvalue weighted by atomic mass is 10.1. The number of piperidine rings is 1. The van der Waals surface area contributed by atoms with Crippen LogP contribution in [0.3, 0.4) is 0 Å². The molecular weight excluding hydrogens is 204 g/mol. The Morgan fingerprint density at radius 2 is 2.19 bits per heavy atom. The van der Waals surface area contributed by atoms with E-state index < -0.39 is 0 Å². The number of likely N-dealkylation sites (tertiary alicyclic amines) is 1. The zero-order valence-electron chi connectivity index (χ0n) is 10.1. The van der Waals surface area contributed by atoms with Crippen molar-refractivity contribution in [3.8, 4) is 0 Å². The fraction of sp³-hybridized carbons (Fsp3) is 0.833. The second kappa shape index (κ2) is 7.25. The maximum atomic E-state index is 11.5. The lowest BCUT2D eigenvalue weighted by Crippen LogP contribution is -2.43. The smallest absolute Gasteiger partial charge is 0.239 e. The van der Waals surface area contributed by atoms with Crippen LogP contribution in [0.25, 0.3) is 0 Å². The van der Waals surface area contributed by atoms with E-state index in [4.69, 9.17) is 0 Å². The first-order valence-electron chi connectivity index (χ1n) is 6.28. The molecule has 2 amide bonds. The number of nitrogens with zero attached hydrogens (tertiary/aromatic N) is 1. The molecule has 1 aliphatic rings. The van der Waals surface area contributed by atoms with Crippen LogP contribution in [-0.4, -0.2) is 36.3 Å². The predicted molar refractivity (Wildman–Crippen MR) is 63.0 cm³/mol. The molecule has 4 heteroatoms. The third-order valence-electron chi connectivity index (χ3n) is 2.86. The lowest BCUT2D eigenvalue weighted by molar-refractivity contribution is -0.137. The first-order chi connectivity index (χ1) is 7.74. The number of nitrogens with one attached hydrogen (secondary N) is 1. The van der Waals surface area contributed by atoms with E-state index in [0.29, 0.717) is 6.42 Å². The molecule has 1 rings (SSSR count). The maximum absolute atomic E-state index is 11.5. The van der Waals surface area contributed by atoms with E-state index in [1.807, 2.05) is 0 Å². The Morgan fingerprint density at radius 3 is 2.88 bits per heavy atom. The molecular formula is C12H22N2O2. The molecule has 16 heavy (non-hydrogen) atoms. The minimum absolute atomic E-state index is 0.0219. The van der Waals surface area contributed by atoms with Crippen LogP contribution in [0.15, 0.2) is 0 Å². The Hall–Kier alpha value is -1.06. The minimum Gasteiger partial charge on any atom is -0.355 e. The average Bonchev–Trinajstić information content (AvgIpc) is 2.28. The quantitative estimate of drug-likeness (QED) is 0.694. The molecule has 1 aliphatic heterocycles. The van der Waals surface area contributed by atoms with Crippen molar-refractivity contribution >= 4 is 11.8 Å². The van der Waals surface area contributed by atoms with Gasteiger partial charge in [0, 0.05) is 19.5 Å². The fourth-order valence-electron chi connectivity index (χ4n) is 1.86. The Labute approximate surface area is 97.4 Å². The second-order valence-corrected chi connectivity index (χ2v) is 4.33. The Balaban J connectivity index is 2.15. The summed E-state index contributed by atoms with van der Waals surface area (Å²) in [6.45, 7) is 3.84. The summed E-state index contributed by atoms with van der Waals surface area (Å²) in [5, 5.41) is 2.85. The van der Waals surface area contributed by atoms with Crippen molar-refractivity contribution in [1.29, 1.82) is 0 Å². The topological polar surface area (TPSA) is 49.4 Å². The van der Waals surface area contributed by atoms with Crippen LogP contribution in [0.5, 0.6) is 0 Å². The number of unbranched alkanes of at least 4 members (excludes halogenated alkanes) is 2. The third-order valence-corrected chi connectivity index (χ3v) is 2.86. The first-order valence-corrected chi connectivity index (χ1v) is 6.28. The van der Waals surface area contributed by atoms with Crippen molar-refractivity contribution < 1.29 is 9.59 Å². The van der Waals surface area contributed by atoms with E-state index >= 15 is 0 Å². The summed E-state index contributed by atoms with van der Waals surface area (Å²) in [7, 11) is 0. The molecule has 1 saturated heterocycles. The number of hydrogen-bond donors (Lipinski definition) is 1. The summed E-state index contributed by atoms with van der Waals surface area (Å²) >= 11 is 0. The summed E-state index contributed by atoms with van der Waals surface area (Å²) in [4.78, 5) is 24.6. The summed E-state index contributed by atoms with van der Waals surface area (Å²) in [5.41, 5.74) is 0. The highest BCUT2D eigenvalue weighted by Gasteiger charge is 2.19. The molecule has 0 atom stereocenters. The average molecular weight is 226 g/mol. The molecule has 0 aromatic carbocycles. The van der Waals surface area contributed by atoms with Gasteiger partial charge < -0.3 is 10.2 Å². The van der Waals surface area contributed by atoms with Gasteiger partial charge in [0.25, 0.3) is 0 Å². The Kier molecular flexibility index (Phi) is 5.90. The first kappa shape index (κ1) is 13.0. The number of hydrogen-bond acceptors (Lipinski definition) is 2.